The third-order valence-corrected chi connectivity index (χ3v) is 3.38. The van der Waals surface area contributed by atoms with Crippen LogP contribution in [0.1, 0.15) is 27.7 Å². The van der Waals surface area contributed by atoms with Crippen LogP contribution in [-0.2, 0) is 28.5 Å². The summed E-state index contributed by atoms with van der Waals surface area (Å²) in [5.74, 6) is -0.363. The van der Waals surface area contributed by atoms with E-state index in [0.29, 0.717) is 5.90 Å². The Morgan fingerprint density at radius 2 is 2.00 bits per heavy atom. The van der Waals surface area contributed by atoms with Gasteiger partial charge in [0, 0.05) is 26.7 Å². The van der Waals surface area contributed by atoms with Crippen molar-refractivity contribution in [2.45, 2.75) is 52.2 Å². The predicted molar refractivity (Wildman–Crippen MR) is 68.0 cm³/mol. The Hall–Kier alpha value is -1.63. The van der Waals surface area contributed by atoms with E-state index >= 15 is 0 Å². The smallest absolute Gasteiger partial charge is 0.303 e. The lowest BCUT2D eigenvalue weighted by atomic mass is 9.89. The molecule has 1 saturated heterocycles. The molecular formula is C13H19NO6. The molecule has 2 aliphatic rings. The fourth-order valence-electron chi connectivity index (χ4n) is 2.50. The van der Waals surface area contributed by atoms with Crippen molar-refractivity contribution in [3.05, 3.63) is 0 Å². The van der Waals surface area contributed by atoms with Gasteiger partial charge in [-0.1, -0.05) is 6.92 Å². The van der Waals surface area contributed by atoms with Gasteiger partial charge in [-0.15, -0.1) is 0 Å². The minimum absolute atomic E-state index is 0.0171. The Morgan fingerprint density at radius 3 is 2.60 bits per heavy atom. The molecule has 2 heterocycles. The highest BCUT2D eigenvalue weighted by atomic mass is 16.7. The van der Waals surface area contributed by atoms with Gasteiger partial charge in [0.05, 0.1) is 0 Å². The fraction of sp³-hybridized carbons (Fsp3) is 0.769. The molecule has 0 aromatic heterocycles. The number of ether oxygens (including phenoxy) is 4. The molecule has 5 atom stereocenters. The number of hydrogen-bond acceptors (Lipinski definition) is 7. The first-order chi connectivity index (χ1) is 9.38. The normalized spacial score (nSPS) is 35.6. The fourth-order valence-corrected chi connectivity index (χ4v) is 2.50. The van der Waals surface area contributed by atoms with Gasteiger partial charge in [0.15, 0.2) is 5.90 Å². The van der Waals surface area contributed by atoms with Gasteiger partial charge < -0.3 is 18.9 Å². The molecule has 0 aliphatic carbocycles. The molecule has 0 N–H and O–H groups in total. The van der Waals surface area contributed by atoms with E-state index in [2.05, 4.69) is 4.99 Å². The number of carbonyl (C=O) groups excluding carboxylic acids is 2. The van der Waals surface area contributed by atoms with Crippen molar-refractivity contribution in [1.82, 2.24) is 0 Å². The third kappa shape index (κ3) is 3.09. The monoisotopic (exact) mass is 285 g/mol. The first-order valence-electron chi connectivity index (χ1n) is 6.55. The highest BCUT2D eigenvalue weighted by Crippen LogP contribution is 2.34. The van der Waals surface area contributed by atoms with Crippen LogP contribution >= 0.6 is 0 Å². The summed E-state index contributed by atoms with van der Waals surface area (Å²) < 4.78 is 21.5. The lowest BCUT2D eigenvalue weighted by Crippen LogP contribution is -2.54. The van der Waals surface area contributed by atoms with Gasteiger partial charge in [0.25, 0.3) is 0 Å². The highest BCUT2D eigenvalue weighted by Gasteiger charge is 2.49. The quantitative estimate of drug-likeness (QED) is 0.708. The Balaban J connectivity index is 2.12. The van der Waals surface area contributed by atoms with E-state index in [4.69, 9.17) is 18.9 Å². The lowest BCUT2D eigenvalue weighted by molar-refractivity contribution is -0.230. The van der Waals surface area contributed by atoms with Crippen molar-refractivity contribution in [3.63, 3.8) is 0 Å². The molecule has 7 nitrogen and oxygen atoms in total. The minimum Gasteiger partial charge on any atom is -0.463 e. The zero-order valence-electron chi connectivity index (χ0n) is 12.0. The number of hydrogen-bond donors (Lipinski definition) is 0. The van der Waals surface area contributed by atoms with Crippen LogP contribution in [0.5, 0.6) is 0 Å². The van der Waals surface area contributed by atoms with Crippen LogP contribution in [-0.4, -0.2) is 49.0 Å². The summed E-state index contributed by atoms with van der Waals surface area (Å²) in [6.07, 6.45) is -1.59. The maximum Gasteiger partial charge on any atom is 0.303 e. The highest BCUT2D eigenvalue weighted by molar-refractivity contribution is 5.75. The standard InChI is InChI=1S/C13H19NO6/c1-6-11-13(18-7(2)14-11)20-10(5-17-8(3)15)12(6)19-9(4)16/h6,10-13H,5H2,1-4H3/t6-,10?,11?,12-,13+/m1/s1. The molecule has 7 heteroatoms. The van der Waals surface area contributed by atoms with Crippen molar-refractivity contribution < 1.29 is 28.5 Å². The van der Waals surface area contributed by atoms with Crippen LogP contribution in [0.3, 0.4) is 0 Å². The Labute approximate surface area is 117 Å². The molecule has 0 amide bonds. The van der Waals surface area contributed by atoms with E-state index < -0.39 is 30.4 Å². The molecule has 0 radical (unpaired) electrons. The maximum atomic E-state index is 11.2. The molecule has 0 saturated carbocycles. The number of carbonyl (C=O) groups is 2. The molecule has 2 rings (SSSR count). The van der Waals surface area contributed by atoms with Gasteiger partial charge in [-0.2, -0.15) is 0 Å². The van der Waals surface area contributed by atoms with Crippen LogP contribution in [0.15, 0.2) is 4.99 Å². The summed E-state index contributed by atoms with van der Waals surface area (Å²) in [5, 5.41) is 0. The average Bonchev–Trinajstić information content (AvgIpc) is 2.71. The van der Waals surface area contributed by atoms with Crippen LogP contribution in [0.2, 0.25) is 0 Å². The number of nitrogens with zero attached hydrogens (tertiary/aromatic N) is 1. The van der Waals surface area contributed by atoms with E-state index in [1.807, 2.05) is 6.92 Å². The lowest BCUT2D eigenvalue weighted by Gasteiger charge is -2.40. The van der Waals surface area contributed by atoms with Gasteiger partial charge >= 0.3 is 11.9 Å². The largest absolute Gasteiger partial charge is 0.463 e. The SMILES string of the molecule is CC(=O)OCC1O[C@@H]2OC(C)=NC2[C@@H](C)[C@H]1OC(C)=O. The number of esters is 2. The molecular weight excluding hydrogens is 266 g/mol. The molecule has 20 heavy (non-hydrogen) atoms. The van der Waals surface area contributed by atoms with Crippen molar-refractivity contribution in [2.24, 2.45) is 10.9 Å². The molecule has 0 aromatic rings. The summed E-state index contributed by atoms with van der Waals surface area (Å²) >= 11 is 0. The minimum atomic E-state index is -0.555. The van der Waals surface area contributed by atoms with Gasteiger partial charge in [0.1, 0.15) is 24.9 Å². The summed E-state index contributed by atoms with van der Waals surface area (Å²) in [6, 6.07) is -0.215. The Bertz CT molecular complexity index is 435. The van der Waals surface area contributed by atoms with Gasteiger partial charge in [-0.3, -0.25) is 9.59 Å². The van der Waals surface area contributed by atoms with E-state index in [0.717, 1.165) is 0 Å². The molecule has 0 bridgehead atoms. The molecule has 1 fully saturated rings. The predicted octanol–water partition coefficient (Wildman–Crippen LogP) is 0.659. The number of fused-ring (bicyclic) bond motifs is 1. The zero-order valence-corrected chi connectivity index (χ0v) is 12.0. The van der Waals surface area contributed by atoms with E-state index in [1.165, 1.54) is 13.8 Å². The van der Waals surface area contributed by atoms with Crippen molar-refractivity contribution in [2.75, 3.05) is 6.61 Å². The second-order valence-corrected chi connectivity index (χ2v) is 5.04. The second kappa shape index (κ2) is 5.78. The van der Waals surface area contributed by atoms with E-state index in [1.54, 1.807) is 6.92 Å². The van der Waals surface area contributed by atoms with E-state index in [-0.39, 0.29) is 18.6 Å². The topological polar surface area (TPSA) is 83.4 Å². The average molecular weight is 285 g/mol. The zero-order chi connectivity index (χ0) is 14.9. The molecule has 112 valence electrons. The summed E-state index contributed by atoms with van der Waals surface area (Å²) in [7, 11) is 0. The first kappa shape index (κ1) is 14.8. The molecule has 0 spiro atoms. The van der Waals surface area contributed by atoms with Crippen LogP contribution in [0, 0.1) is 5.92 Å². The van der Waals surface area contributed by atoms with Crippen molar-refractivity contribution in [1.29, 1.82) is 0 Å². The third-order valence-electron chi connectivity index (χ3n) is 3.38. The molecule has 2 unspecified atom stereocenters. The van der Waals surface area contributed by atoms with Crippen LogP contribution < -0.4 is 0 Å². The summed E-state index contributed by atoms with van der Waals surface area (Å²) in [4.78, 5) is 26.5. The summed E-state index contributed by atoms with van der Waals surface area (Å²) in [5.41, 5.74) is 0. The first-order valence-corrected chi connectivity index (χ1v) is 6.55. The molecule has 0 aromatic carbocycles. The number of rotatable bonds is 3. The van der Waals surface area contributed by atoms with Crippen molar-refractivity contribution in [3.8, 4) is 0 Å². The molecule has 2 aliphatic heterocycles. The number of aliphatic imine (C=N–C) groups is 1. The van der Waals surface area contributed by atoms with Crippen molar-refractivity contribution >= 4 is 17.8 Å². The van der Waals surface area contributed by atoms with E-state index in [9.17, 15) is 9.59 Å². The Morgan fingerprint density at radius 1 is 1.30 bits per heavy atom. The Kier molecular flexibility index (Phi) is 4.27. The second-order valence-electron chi connectivity index (χ2n) is 5.04. The summed E-state index contributed by atoms with van der Waals surface area (Å²) in [6.45, 7) is 6.33. The van der Waals surface area contributed by atoms with Crippen LogP contribution in [0.25, 0.3) is 0 Å². The van der Waals surface area contributed by atoms with Crippen LogP contribution in [0.4, 0.5) is 0 Å². The van der Waals surface area contributed by atoms with Gasteiger partial charge in [-0.25, -0.2) is 4.99 Å². The maximum absolute atomic E-state index is 11.2. The van der Waals surface area contributed by atoms with Gasteiger partial charge in [-0.05, 0) is 0 Å². The van der Waals surface area contributed by atoms with Gasteiger partial charge in [0.2, 0.25) is 6.29 Å².